The normalized spacial score (nSPS) is 13.5. The molecule has 0 atom stereocenters. The molecule has 0 N–H and O–H groups in total. The number of methoxy groups -OCH3 is 2. The minimum Gasteiger partial charge on any atom is -0.497 e. The molecule has 2 heterocycles. The molecule has 0 aliphatic carbocycles. The van der Waals surface area contributed by atoms with Crippen molar-refractivity contribution in [1.82, 2.24) is 14.7 Å². The Kier molecular flexibility index (Phi) is 6.58. The van der Waals surface area contributed by atoms with Crippen molar-refractivity contribution in [2.45, 2.75) is 0 Å². The Morgan fingerprint density at radius 1 is 0.806 bits per heavy atom. The van der Waals surface area contributed by atoms with Crippen LogP contribution >= 0.6 is 0 Å². The molecule has 0 spiro atoms. The van der Waals surface area contributed by atoms with E-state index in [0.717, 1.165) is 17.0 Å². The number of hydrogen-bond acceptors (Lipinski definition) is 5. The van der Waals surface area contributed by atoms with Gasteiger partial charge in [0.1, 0.15) is 23.0 Å². The van der Waals surface area contributed by atoms with Crippen molar-refractivity contribution in [3.05, 3.63) is 90.4 Å². The topological polar surface area (TPSA) is 59.8 Å². The van der Waals surface area contributed by atoms with Gasteiger partial charge in [0.2, 0.25) is 0 Å². The second-order valence-electron chi connectivity index (χ2n) is 8.51. The van der Waals surface area contributed by atoms with Gasteiger partial charge in [-0.25, -0.2) is 9.07 Å². The van der Waals surface area contributed by atoms with Gasteiger partial charge in [-0.15, -0.1) is 0 Å². The van der Waals surface area contributed by atoms with Gasteiger partial charge in [-0.2, -0.15) is 5.10 Å². The van der Waals surface area contributed by atoms with Crippen molar-refractivity contribution in [3.8, 4) is 28.4 Å². The molecule has 36 heavy (non-hydrogen) atoms. The van der Waals surface area contributed by atoms with E-state index in [1.807, 2.05) is 53.4 Å². The van der Waals surface area contributed by atoms with Crippen LogP contribution in [-0.2, 0) is 0 Å². The van der Waals surface area contributed by atoms with Gasteiger partial charge in [0.25, 0.3) is 5.91 Å². The number of hydrogen-bond donors (Lipinski definition) is 0. The van der Waals surface area contributed by atoms with Crippen molar-refractivity contribution in [2.24, 2.45) is 0 Å². The Balaban J connectivity index is 1.41. The van der Waals surface area contributed by atoms with Crippen molar-refractivity contribution in [2.75, 3.05) is 45.3 Å². The third-order valence-electron chi connectivity index (χ3n) is 6.37. The molecule has 1 fully saturated rings. The molecule has 1 aromatic heterocycles. The summed E-state index contributed by atoms with van der Waals surface area (Å²) in [5.74, 6) is 1.05. The summed E-state index contributed by atoms with van der Waals surface area (Å²) in [6, 6.07) is 23.2. The lowest BCUT2D eigenvalue weighted by Crippen LogP contribution is -2.49. The van der Waals surface area contributed by atoms with E-state index in [4.69, 9.17) is 14.6 Å². The molecular weight excluding hydrogens is 459 g/mol. The van der Waals surface area contributed by atoms with E-state index in [2.05, 4.69) is 4.90 Å². The van der Waals surface area contributed by atoms with Crippen molar-refractivity contribution < 1.29 is 18.7 Å². The summed E-state index contributed by atoms with van der Waals surface area (Å²) in [4.78, 5) is 17.8. The van der Waals surface area contributed by atoms with Crippen LogP contribution < -0.4 is 14.4 Å². The fourth-order valence-electron chi connectivity index (χ4n) is 4.36. The second-order valence-corrected chi connectivity index (χ2v) is 8.51. The average molecular weight is 487 g/mol. The van der Waals surface area contributed by atoms with Crippen LogP contribution in [0.3, 0.4) is 0 Å². The molecule has 1 aliphatic heterocycles. The highest BCUT2D eigenvalue weighted by Gasteiger charge is 2.26. The van der Waals surface area contributed by atoms with Gasteiger partial charge in [-0.3, -0.25) is 4.79 Å². The average Bonchev–Trinajstić information content (AvgIpc) is 3.39. The zero-order valence-electron chi connectivity index (χ0n) is 20.2. The molecule has 1 amide bonds. The Bertz CT molecular complexity index is 1340. The van der Waals surface area contributed by atoms with Gasteiger partial charge in [-0.05, 0) is 66.7 Å². The molecule has 1 saturated heterocycles. The first-order chi connectivity index (χ1) is 17.6. The van der Waals surface area contributed by atoms with E-state index in [9.17, 15) is 9.18 Å². The number of benzene rings is 3. The number of carbonyl (C=O) groups is 1. The number of carbonyl (C=O) groups excluding carboxylic acids is 1. The van der Waals surface area contributed by atoms with Gasteiger partial charge in [0.15, 0.2) is 0 Å². The number of amides is 1. The van der Waals surface area contributed by atoms with Crippen LogP contribution in [0.5, 0.6) is 11.5 Å². The second kappa shape index (κ2) is 10.1. The Hall–Kier alpha value is -4.33. The molecule has 7 nitrogen and oxygen atoms in total. The monoisotopic (exact) mass is 486 g/mol. The fourth-order valence-corrected chi connectivity index (χ4v) is 4.36. The summed E-state index contributed by atoms with van der Waals surface area (Å²) in [7, 11) is 3.26. The molecule has 8 heteroatoms. The highest BCUT2D eigenvalue weighted by Crippen LogP contribution is 2.27. The van der Waals surface area contributed by atoms with Crippen LogP contribution in [0.15, 0.2) is 78.9 Å². The minimum absolute atomic E-state index is 0.115. The van der Waals surface area contributed by atoms with E-state index in [1.165, 1.54) is 12.1 Å². The number of rotatable bonds is 6. The van der Waals surface area contributed by atoms with Crippen molar-refractivity contribution >= 4 is 11.6 Å². The summed E-state index contributed by atoms with van der Waals surface area (Å²) in [6.45, 7) is 2.58. The molecule has 184 valence electrons. The third-order valence-corrected chi connectivity index (χ3v) is 6.37. The van der Waals surface area contributed by atoms with E-state index in [-0.39, 0.29) is 11.7 Å². The van der Waals surface area contributed by atoms with E-state index in [1.54, 1.807) is 37.1 Å². The van der Waals surface area contributed by atoms with E-state index < -0.39 is 0 Å². The highest BCUT2D eigenvalue weighted by atomic mass is 19.1. The summed E-state index contributed by atoms with van der Waals surface area (Å²) in [6.07, 6.45) is 0. The summed E-state index contributed by atoms with van der Waals surface area (Å²) >= 11 is 0. The molecule has 4 aromatic rings. The zero-order valence-corrected chi connectivity index (χ0v) is 20.2. The smallest absolute Gasteiger partial charge is 0.272 e. The Morgan fingerprint density at radius 3 is 2.14 bits per heavy atom. The molecule has 0 bridgehead atoms. The maximum absolute atomic E-state index is 13.7. The maximum atomic E-state index is 13.7. The fraction of sp³-hybridized carbons (Fsp3) is 0.214. The number of halogens is 1. The molecule has 0 radical (unpaired) electrons. The number of anilines is 1. The largest absolute Gasteiger partial charge is 0.497 e. The number of nitrogens with zero attached hydrogens (tertiary/aromatic N) is 4. The molecule has 5 rings (SSSR count). The minimum atomic E-state index is -0.346. The van der Waals surface area contributed by atoms with Gasteiger partial charge >= 0.3 is 0 Å². The predicted octanol–water partition coefficient (Wildman–Crippen LogP) is 4.66. The number of ether oxygens (including phenoxy) is 2. The first-order valence-corrected chi connectivity index (χ1v) is 11.7. The Morgan fingerprint density at radius 2 is 1.47 bits per heavy atom. The lowest BCUT2D eigenvalue weighted by atomic mass is 10.1. The third kappa shape index (κ3) is 4.75. The zero-order chi connectivity index (χ0) is 25.1. The molecule has 3 aromatic carbocycles. The van der Waals surface area contributed by atoms with Crippen LogP contribution in [-0.4, -0.2) is 61.0 Å². The molecule has 0 saturated carbocycles. The lowest BCUT2D eigenvalue weighted by Gasteiger charge is -2.36. The molecule has 1 aliphatic rings. The molecule has 0 unspecified atom stereocenters. The van der Waals surface area contributed by atoms with Gasteiger partial charge in [-0.1, -0.05) is 12.1 Å². The highest BCUT2D eigenvalue weighted by molar-refractivity contribution is 5.94. The van der Waals surface area contributed by atoms with Crippen LogP contribution in [0.2, 0.25) is 0 Å². The maximum Gasteiger partial charge on any atom is 0.272 e. The standard InChI is InChI=1S/C28H27FN4O3/c1-35-24-12-10-22(11-13-24)31-14-16-32(17-15-31)28(34)27-19-26(20-4-3-5-25(18-20)36-2)30-33(27)23-8-6-21(29)7-9-23/h3-13,18-19H,14-17H2,1-2H3. The van der Waals surface area contributed by atoms with Crippen molar-refractivity contribution in [1.29, 1.82) is 0 Å². The lowest BCUT2D eigenvalue weighted by molar-refractivity contribution is 0.0737. The Labute approximate surface area is 209 Å². The summed E-state index contributed by atoms with van der Waals surface area (Å²) in [5.41, 5.74) is 3.61. The van der Waals surface area contributed by atoms with Crippen LogP contribution in [0.25, 0.3) is 16.9 Å². The quantitative estimate of drug-likeness (QED) is 0.397. The van der Waals surface area contributed by atoms with E-state index >= 15 is 0 Å². The summed E-state index contributed by atoms with van der Waals surface area (Å²) in [5, 5.41) is 4.72. The van der Waals surface area contributed by atoms with Gasteiger partial charge in [0, 0.05) is 37.4 Å². The van der Waals surface area contributed by atoms with Crippen LogP contribution in [0.1, 0.15) is 10.5 Å². The SMILES string of the molecule is COc1ccc(N2CCN(C(=O)c3cc(-c4cccc(OC)c4)nn3-c3ccc(F)cc3)CC2)cc1. The molecular formula is C28H27FN4O3. The van der Waals surface area contributed by atoms with Crippen molar-refractivity contribution in [3.63, 3.8) is 0 Å². The first-order valence-electron chi connectivity index (χ1n) is 11.7. The van der Waals surface area contributed by atoms with Gasteiger partial charge in [0.05, 0.1) is 25.6 Å². The van der Waals surface area contributed by atoms with Gasteiger partial charge < -0.3 is 19.3 Å². The van der Waals surface area contributed by atoms with Crippen LogP contribution in [0, 0.1) is 5.82 Å². The first kappa shape index (κ1) is 23.4. The van der Waals surface area contributed by atoms with E-state index in [0.29, 0.717) is 49.0 Å². The number of aromatic nitrogens is 2. The van der Waals surface area contributed by atoms with Crippen LogP contribution in [0.4, 0.5) is 10.1 Å². The number of piperazine rings is 1. The summed E-state index contributed by atoms with van der Waals surface area (Å²) < 4.78 is 25.8. The predicted molar refractivity (Wildman–Crippen MR) is 137 cm³/mol.